The number of allylic oxidation sites excluding steroid dienone is 2. The van der Waals surface area contributed by atoms with Gasteiger partial charge in [-0.3, -0.25) is 0 Å². The smallest absolute Gasteiger partial charge is 0.0824 e. The Bertz CT molecular complexity index is 61.0. The lowest BCUT2D eigenvalue weighted by molar-refractivity contribution is 0.719. The third-order valence-corrected chi connectivity index (χ3v) is 0.619. The maximum Gasteiger partial charge on any atom is 0.0824 e. The standard InChI is InChI=1S/C5H10.C3H5F/c1-3-5-4-2;1-2-3-4/h3H,1,4-5H2,2H3;2-3H,1H3/b;3-2+. The van der Waals surface area contributed by atoms with Crippen LogP contribution in [0.1, 0.15) is 26.7 Å². The number of unbranched alkanes of at least 4 members (excludes halogenated alkanes) is 1. The van der Waals surface area contributed by atoms with Gasteiger partial charge in [0.1, 0.15) is 0 Å². The quantitative estimate of drug-likeness (QED) is 0.502. The first-order chi connectivity index (χ1) is 4.33. The van der Waals surface area contributed by atoms with Crippen molar-refractivity contribution in [1.82, 2.24) is 0 Å². The number of hydrogen-bond donors (Lipinski definition) is 0. The largest absolute Gasteiger partial charge is 0.216 e. The van der Waals surface area contributed by atoms with Gasteiger partial charge in [0.05, 0.1) is 6.33 Å². The monoisotopic (exact) mass is 130 g/mol. The molecule has 0 nitrogen and oxygen atoms in total. The Kier molecular flexibility index (Phi) is 19.5. The maximum absolute atomic E-state index is 10.5. The summed E-state index contributed by atoms with van der Waals surface area (Å²) in [4.78, 5) is 0. The van der Waals surface area contributed by atoms with Crippen LogP contribution in [0.4, 0.5) is 4.39 Å². The molecule has 0 aromatic rings. The SMILES string of the molecule is C/C=C/F.C=CCCC. The zero-order valence-electron chi connectivity index (χ0n) is 6.23. The van der Waals surface area contributed by atoms with E-state index in [-0.39, 0.29) is 0 Å². The average Bonchev–Trinajstić information content (AvgIpc) is 1.91. The van der Waals surface area contributed by atoms with Crippen LogP contribution in [-0.4, -0.2) is 0 Å². The van der Waals surface area contributed by atoms with Crippen molar-refractivity contribution in [3.05, 3.63) is 25.1 Å². The summed E-state index contributed by atoms with van der Waals surface area (Å²) in [5.41, 5.74) is 0. The van der Waals surface area contributed by atoms with Crippen molar-refractivity contribution in [2.45, 2.75) is 26.7 Å². The molecule has 0 amide bonds. The second kappa shape index (κ2) is 15.7. The van der Waals surface area contributed by atoms with Gasteiger partial charge in [-0.2, -0.15) is 0 Å². The Labute approximate surface area is 57.1 Å². The molecule has 0 aliphatic heterocycles. The lowest BCUT2D eigenvalue weighted by atomic mass is 10.3. The molecule has 0 heterocycles. The van der Waals surface area contributed by atoms with Crippen LogP contribution in [-0.2, 0) is 0 Å². The van der Waals surface area contributed by atoms with Gasteiger partial charge in [0.2, 0.25) is 0 Å². The van der Waals surface area contributed by atoms with Gasteiger partial charge in [-0.15, -0.1) is 6.58 Å². The minimum Gasteiger partial charge on any atom is -0.216 e. The predicted molar refractivity (Wildman–Crippen MR) is 41.0 cm³/mol. The zero-order chi connectivity index (χ0) is 7.54. The van der Waals surface area contributed by atoms with Crippen LogP contribution in [0.5, 0.6) is 0 Å². The van der Waals surface area contributed by atoms with Crippen molar-refractivity contribution >= 4 is 0 Å². The summed E-state index contributed by atoms with van der Waals surface area (Å²) in [5.74, 6) is 0. The molecule has 0 rings (SSSR count). The number of halogens is 1. The van der Waals surface area contributed by atoms with Gasteiger partial charge in [-0.25, -0.2) is 4.39 Å². The van der Waals surface area contributed by atoms with E-state index in [9.17, 15) is 4.39 Å². The molecule has 0 spiro atoms. The molecule has 0 fully saturated rings. The Hall–Kier alpha value is -0.590. The fraction of sp³-hybridized carbons (Fsp3) is 0.500. The van der Waals surface area contributed by atoms with E-state index in [1.165, 1.54) is 12.5 Å². The molecule has 0 aliphatic carbocycles. The van der Waals surface area contributed by atoms with Gasteiger partial charge in [-0.1, -0.05) is 25.5 Å². The van der Waals surface area contributed by atoms with Crippen LogP contribution < -0.4 is 0 Å². The highest BCUT2D eigenvalue weighted by Crippen LogP contribution is 1.82. The lowest BCUT2D eigenvalue weighted by Gasteiger charge is -1.72. The normalized spacial score (nSPS) is 8.33. The van der Waals surface area contributed by atoms with Gasteiger partial charge >= 0.3 is 0 Å². The summed E-state index contributed by atoms with van der Waals surface area (Å²) >= 11 is 0. The number of rotatable bonds is 2. The molecule has 9 heavy (non-hydrogen) atoms. The lowest BCUT2D eigenvalue weighted by Crippen LogP contribution is -1.52. The van der Waals surface area contributed by atoms with E-state index in [0.29, 0.717) is 6.33 Å². The van der Waals surface area contributed by atoms with Crippen LogP contribution in [0.25, 0.3) is 0 Å². The first-order valence-electron chi connectivity index (χ1n) is 3.15. The van der Waals surface area contributed by atoms with E-state index in [4.69, 9.17) is 0 Å². The molecule has 0 unspecified atom stereocenters. The van der Waals surface area contributed by atoms with Crippen molar-refractivity contribution in [2.75, 3.05) is 0 Å². The highest BCUT2D eigenvalue weighted by Gasteiger charge is 1.61. The maximum atomic E-state index is 10.5. The second-order valence-corrected chi connectivity index (χ2v) is 1.54. The molecule has 0 saturated heterocycles. The predicted octanol–water partition coefficient (Wildman–Crippen LogP) is 3.46. The van der Waals surface area contributed by atoms with E-state index in [1.807, 2.05) is 6.08 Å². The van der Waals surface area contributed by atoms with E-state index < -0.39 is 0 Å². The fourth-order valence-electron chi connectivity index (χ4n) is 0.204. The first kappa shape index (κ1) is 11.2. The molecule has 0 aromatic heterocycles. The van der Waals surface area contributed by atoms with E-state index in [0.717, 1.165) is 6.42 Å². The summed E-state index contributed by atoms with van der Waals surface area (Å²) in [6.45, 7) is 7.32. The van der Waals surface area contributed by atoms with E-state index >= 15 is 0 Å². The minimum atomic E-state index is 0.500. The summed E-state index contributed by atoms with van der Waals surface area (Å²) in [5, 5.41) is 0. The Balaban J connectivity index is 0. The molecule has 54 valence electrons. The van der Waals surface area contributed by atoms with Crippen LogP contribution in [0.15, 0.2) is 25.1 Å². The molecule has 0 saturated carbocycles. The van der Waals surface area contributed by atoms with Gasteiger partial charge in [0.15, 0.2) is 0 Å². The third kappa shape index (κ3) is 37.3. The summed E-state index contributed by atoms with van der Waals surface area (Å²) < 4.78 is 10.5. The Morgan fingerprint density at radius 2 is 2.00 bits per heavy atom. The number of hydrogen-bond acceptors (Lipinski definition) is 0. The first-order valence-corrected chi connectivity index (χ1v) is 3.15. The van der Waals surface area contributed by atoms with Gasteiger partial charge in [-0.05, 0) is 13.3 Å². The van der Waals surface area contributed by atoms with E-state index in [1.54, 1.807) is 6.92 Å². The molecule has 0 aromatic carbocycles. The molecule has 0 atom stereocenters. The molecular formula is C8H15F. The Morgan fingerprint density at radius 1 is 1.56 bits per heavy atom. The minimum absolute atomic E-state index is 0.500. The van der Waals surface area contributed by atoms with Crippen molar-refractivity contribution in [3.8, 4) is 0 Å². The summed E-state index contributed by atoms with van der Waals surface area (Å²) in [7, 11) is 0. The van der Waals surface area contributed by atoms with Crippen LogP contribution >= 0.6 is 0 Å². The fourth-order valence-corrected chi connectivity index (χ4v) is 0.204. The highest BCUT2D eigenvalue weighted by atomic mass is 19.1. The van der Waals surface area contributed by atoms with Gasteiger partial charge in [0.25, 0.3) is 0 Å². The van der Waals surface area contributed by atoms with Gasteiger partial charge in [0, 0.05) is 0 Å². The van der Waals surface area contributed by atoms with Crippen molar-refractivity contribution in [1.29, 1.82) is 0 Å². The second-order valence-electron chi connectivity index (χ2n) is 1.54. The average molecular weight is 130 g/mol. The summed E-state index contributed by atoms with van der Waals surface area (Å²) in [6, 6.07) is 0. The zero-order valence-corrected chi connectivity index (χ0v) is 6.23. The van der Waals surface area contributed by atoms with Crippen LogP contribution in [0, 0.1) is 0 Å². The van der Waals surface area contributed by atoms with Crippen molar-refractivity contribution in [2.24, 2.45) is 0 Å². The highest BCUT2D eigenvalue weighted by molar-refractivity contribution is 4.63. The third-order valence-electron chi connectivity index (χ3n) is 0.619. The van der Waals surface area contributed by atoms with E-state index in [2.05, 4.69) is 13.5 Å². The van der Waals surface area contributed by atoms with Crippen molar-refractivity contribution < 1.29 is 4.39 Å². The molecule has 0 radical (unpaired) electrons. The Morgan fingerprint density at radius 3 is 2.00 bits per heavy atom. The topological polar surface area (TPSA) is 0 Å². The molecule has 0 aliphatic rings. The van der Waals surface area contributed by atoms with Crippen molar-refractivity contribution in [3.63, 3.8) is 0 Å². The van der Waals surface area contributed by atoms with Crippen LogP contribution in [0.3, 0.4) is 0 Å². The molecule has 0 bridgehead atoms. The summed E-state index contributed by atoms with van der Waals surface area (Å²) in [6.07, 6.45) is 6.14. The molecule has 0 N–H and O–H groups in total. The van der Waals surface area contributed by atoms with Crippen LogP contribution in [0.2, 0.25) is 0 Å². The molecule has 1 heteroatoms. The molecular weight excluding hydrogens is 115 g/mol. The van der Waals surface area contributed by atoms with Gasteiger partial charge < -0.3 is 0 Å².